The van der Waals surface area contributed by atoms with Crippen LogP contribution in [0.25, 0.3) is 0 Å². The Balaban J connectivity index is 1.92. The number of furan rings is 1. The van der Waals surface area contributed by atoms with Crippen LogP contribution in [-0.4, -0.2) is 23.0 Å². The van der Waals surface area contributed by atoms with Crippen molar-refractivity contribution in [1.82, 2.24) is 15.2 Å². The van der Waals surface area contributed by atoms with Crippen LogP contribution in [-0.2, 0) is 19.6 Å². The molecule has 0 aliphatic heterocycles. The van der Waals surface area contributed by atoms with Gasteiger partial charge in [-0.25, -0.2) is 0 Å². The number of aryl methyl sites for hydroxylation is 1. The zero-order valence-corrected chi connectivity index (χ0v) is 13.4. The predicted octanol–water partition coefficient (Wildman–Crippen LogP) is 3.11. The first kappa shape index (κ1) is 15.7. The highest BCUT2D eigenvalue weighted by atomic mass is 16.3. The standard InChI is InChI=1S/C17H25N3O/c1-13(2)19-10-17-14(3)9-16(21-17)12-20(4)11-15-5-7-18-8-6-15/h5-9,13,19H,10-12H2,1-4H3. The van der Waals surface area contributed by atoms with Crippen LogP contribution in [0.2, 0.25) is 0 Å². The van der Waals surface area contributed by atoms with Crippen LogP contribution in [0.1, 0.15) is 36.5 Å². The molecule has 0 saturated heterocycles. The van der Waals surface area contributed by atoms with E-state index in [1.807, 2.05) is 24.5 Å². The van der Waals surface area contributed by atoms with Gasteiger partial charge in [0.2, 0.25) is 0 Å². The Morgan fingerprint density at radius 2 is 1.95 bits per heavy atom. The van der Waals surface area contributed by atoms with Crippen molar-refractivity contribution in [2.75, 3.05) is 7.05 Å². The average molecular weight is 287 g/mol. The van der Waals surface area contributed by atoms with E-state index in [4.69, 9.17) is 4.42 Å². The van der Waals surface area contributed by atoms with Gasteiger partial charge in [0.15, 0.2) is 0 Å². The van der Waals surface area contributed by atoms with Gasteiger partial charge in [-0.2, -0.15) is 0 Å². The third-order valence-electron chi connectivity index (χ3n) is 3.37. The molecule has 114 valence electrons. The molecule has 0 atom stereocenters. The summed E-state index contributed by atoms with van der Waals surface area (Å²) in [6.07, 6.45) is 3.66. The van der Waals surface area contributed by atoms with Crippen LogP contribution in [0.3, 0.4) is 0 Å². The Hall–Kier alpha value is -1.65. The minimum absolute atomic E-state index is 0.465. The molecule has 0 aliphatic carbocycles. The number of hydrogen-bond donors (Lipinski definition) is 1. The molecular formula is C17H25N3O. The van der Waals surface area contributed by atoms with Gasteiger partial charge in [0, 0.05) is 25.0 Å². The first-order valence-electron chi connectivity index (χ1n) is 7.43. The number of pyridine rings is 1. The predicted molar refractivity (Wildman–Crippen MR) is 84.8 cm³/mol. The lowest BCUT2D eigenvalue weighted by Gasteiger charge is -2.14. The van der Waals surface area contributed by atoms with E-state index < -0.39 is 0 Å². The third-order valence-corrected chi connectivity index (χ3v) is 3.37. The van der Waals surface area contributed by atoms with Crippen molar-refractivity contribution < 1.29 is 4.42 Å². The van der Waals surface area contributed by atoms with Gasteiger partial charge in [0.05, 0.1) is 13.1 Å². The van der Waals surface area contributed by atoms with Crippen LogP contribution in [0.4, 0.5) is 0 Å². The van der Waals surface area contributed by atoms with Crippen molar-refractivity contribution >= 4 is 0 Å². The van der Waals surface area contributed by atoms with Crippen LogP contribution in [0, 0.1) is 6.92 Å². The van der Waals surface area contributed by atoms with Crippen molar-refractivity contribution in [2.45, 2.75) is 46.4 Å². The molecule has 2 rings (SSSR count). The highest BCUT2D eigenvalue weighted by Gasteiger charge is 2.10. The maximum Gasteiger partial charge on any atom is 0.120 e. The second-order valence-electron chi connectivity index (χ2n) is 5.88. The third kappa shape index (κ3) is 4.99. The molecule has 0 saturated carbocycles. The normalized spacial score (nSPS) is 11.5. The van der Waals surface area contributed by atoms with Crippen molar-refractivity contribution in [2.24, 2.45) is 0 Å². The highest BCUT2D eigenvalue weighted by Crippen LogP contribution is 2.17. The summed E-state index contributed by atoms with van der Waals surface area (Å²) >= 11 is 0. The van der Waals surface area contributed by atoms with E-state index in [-0.39, 0.29) is 0 Å². The van der Waals surface area contributed by atoms with E-state index in [1.165, 1.54) is 11.1 Å². The number of rotatable bonds is 7. The second-order valence-corrected chi connectivity index (χ2v) is 5.88. The fourth-order valence-corrected chi connectivity index (χ4v) is 2.26. The monoisotopic (exact) mass is 287 g/mol. The van der Waals surface area contributed by atoms with E-state index in [9.17, 15) is 0 Å². The molecule has 2 aromatic heterocycles. The van der Waals surface area contributed by atoms with Crippen LogP contribution in [0.5, 0.6) is 0 Å². The number of nitrogens with one attached hydrogen (secondary N) is 1. The summed E-state index contributed by atoms with van der Waals surface area (Å²) in [4.78, 5) is 6.29. The van der Waals surface area contributed by atoms with Gasteiger partial charge in [-0.15, -0.1) is 0 Å². The van der Waals surface area contributed by atoms with Crippen LogP contribution in [0.15, 0.2) is 35.0 Å². The second kappa shape index (κ2) is 7.38. The van der Waals surface area contributed by atoms with Gasteiger partial charge >= 0.3 is 0 Å². The van der Waals surface area contributed by atoms with E-state index in [0.717, 1.165) is 31.2 Å². The summed E-state index contributed by atoms with van der Waals surface area (Å²) in [6.45, 7) is 8.88. The molecule has 0 bridgehead atoms. The largest absolute Gasteiger partial charge is 0.463 e. The Bertz CT molecular complexity index is 548. The Morgan fingerprint density at radius 3 is 2.62 bits per heavy atom. The van der Waals surface area contributed by atoms with E-state index >= 15 is 0 Å². The Labute approximate surface area is 127 Å². The van der Waals surface area contributed by atoms with Crippen molar-refractivity contribution in [3.05, 3.63) is 53.2 Å². The molecular weight excluding hydrogens is 262 g/mol. The first-order valence-corrected chi connectivity index (χ1v) is 7.43. The Kier molecular flexibility index (Phi) is 5.53. The highest BCUT2D eigenvalue weighted by molar-refractivity contribution is 5.20. The lowest BCUT2D eigenvalue weighted by molar-refractivity contribution is 0.282. The fraction of sp³-hybridized carbons (Fsp3) is 0.471. The summed E-state index contributed by atoms with van der Waals surface area (Å²) < 4.78 is 5.96. The summed E-state index contributed by atoms with van der Waals surface area (Å²) in [5.41, 5.74) is 2.48. The SMILES string of the molecule is Cc1cc(CN(C)Cc2ccncc2)oc1CNC(C)C. The quantitative estimate of drug-likeness (QED) is 0.849. The molecule has 0 aliphatic rings. The summed E-state index contributed by atoms with van der Waals surface area (Å²) in [5, 5.41) is 3.39. The van der Waals surface area contributed by atoms with Gasteiger partial charge in [-0.3, -0.25) is 9.88 Å². The van der Waals surface area contributed by atoms with Crippen molar-refractivity contribution in [1.29, 1.82) is 0 Å². The summed E-state index contributed by atoms with van der Waals surface area (Å²) in [6, 6.07) is 6.69. The smallest absolute Gasteiger partial charge is 0.120 e. The van der Waals surface area contributed by atoms with Crippen LogP contribution < -0.4 is 5.32 Å². The molecule has 4 heteroatoms. The molecule has 0 unspecified atom stereocenters. The zero-order chi connectivity index (χ0) is 15.2. The molecule has 0 fully saturated rings. The number of aromatic nitrogens is 1. The fourth-order valence-electron chi connectivity index (χ4n) is 2.26. The molecule has 2 aromatic rings. The summed E-state index contributed by atoms with van der Waals surface area (Å²) in [7, 11) is 2.10. The van der Waals surface area contributed by atoms with E-state index in [1.54, 1.807) is 0 Å². The van der Waals surface area contributed by atoms with Gasteiger partial charge in [-0.05, 0) is 43.3 Å². The maximum atomic E-state index is 5.96. The topological polar surface area (TPSA) is 41.3 Å². The van der Waals surface area contributed by atoms with Gasteiger partial charge in [0.25, 0.3) is 0 Å². The van der Waals surface area contributed by atoms with Crippen LogP contribution >= 0.6 is 0 Å². The minimum Gasteiger partial charge on any atom is -0.463 e. The van der Waals surface area contributed by atoms with Gasteiger partial charge < -0.3 is 9.73 Å². The minimum atomic E-state index is 0.465. The van der Waals surface area contributed by atoms with Crippen molar-refractivity contribution in [3.63, 3.8) is 0 Å². The lowest BCUT2D eigenvalue weighted by Crippen LogP contribution is -2.21. The molecule has 4 nitrogen and oxygen atoms in total. The molecule has 0 amide bonds. The van der Waals surface area contributed by atoms with E-state index in [2.05, 4.69) is 49.1 Å². The van der Waals surface area contributed by atoms with Crippen molar-refractivity contribution in [3.8, 4) is 0 Å². The molecule has 0 spiro atoms. The first-order chi connectivity index (χ1) is 10.0. The number of hydrogen-bond acceptors (Lipinski definition) is 4. The average Bonchev–Trinajstić information content (AvgIpc) is 2.77. The Morgan fingerprint density at radius 1 is 1.24 bits per heavy atom. The molecule has 2 heterocycles. The lowest BCUT2D eigenvalue weighted by atomic mass is 10.2. The summed E-state index contributed by atoms with van der Waals surface area (Å²) in [5.74, 6) is 2.06. The maximum absolute atomic E-state index is 5.96. The van der Waals surface area contributed by atoms with Gasteiger partial charge in [-0.1, -0.05) is 13.8 Å². The van der Waals surface area contributed by atoms with E-state index in [0.29, 0.717) is 6.04 Å². The molecule has 0 radical (unpaired) electrons. The molecule has 1 N–H and O–H groups in total. The molecule has 0 aromatic carbocycles. The van der Waals surface area contributed by atoms with Gasteiger partial charge in [0.1, 0.15) is 11.5 Å². The number of nitrogens with zero attached hydrogens (tertiary/aromatic N) is 2. The molecule has 21 heavy (non-hydrogen) atoms. The zero-order valence-electron chi connectivity index (χ0n) is 13.4.